The number of pyridine rings is 1. The Labute approximate surface area is 252 Å². The lowest BCUT2D eigenvalue weighted by Crippen LogP contribution is -2.58. The number of hydrogen-bond acceptors (Lipinski definition) is 8. The van der Waals surface area contributed by atoms with Crippen molar-refractivity contribution >= 4 is 17.7 Å². The van der Waals surface area contributed by atoms with Crippen LogP contribution in [-0.4, -0.2) is 64.6 Å². The number of benzene rings is 2. The van der Waals surface area contributed by atoms with E-state index in [2.05, 4.69) is 20.8 Å². The highest BCUT2D eigenvalue weighted by atomic mass is 16.5. The number of ether oxygens (including phenoxy) is 2. The molecule has 226 valence electrons. The molecule has 44 heavy (non-hydrogen) atoms. The number of amides is 3. The molecule has 12 heteroatoms. The summed E-state index contributed by atoms with van der Waals surface area (Å²) in [4.78, 5) is 56.4. The minimum absolute atomic E-state index is 0.120. The summed E-state index contributed by atoms with van der Waals surface area (Å²) in [5, 5.41) is 8.17. The van der Waals surface area contributed by atoms with Gasteiger partial charge in [0.25, 0.3) is 17.4 Å². The van der Waals surface area contributed by atoms with Gasteiger partial charge in [-0.15, -0.1) is 0 Å². The largest absolute Gasteiger partial charge is 0.488 e. The average molecular weight is 598 g/mol. The maximum absolute atomic E-state index is 13.6. The van der Waals surface area contributed by atoms with Crippen LogP contribution in [0.3, 0.4) is 0 Å². The number of aryl methyl sites for hydroxylation is 1. The van der Waals surface area contributed by atoms with Crippen molar-refractivity contribution in [3.8, 4) is 22.6 Å². The third-order valence-corrected chi connectivity index (χ3v) is 7.62. The molecule has 3 aliphatic heterocycles. The van der Waals surface area contributed by atoms with E-state index in [0.717, 1.165) is 11.1 Å². The number of aromatic nitrogens is 2. The van der Waals surface area contributed by atoms with Gasteiger partial charge in [-0.25, -0.2) is 0 Å². The number of fused-ring (bicyclic) bond motifs is 7. The second kappa shape index (κ2) is 12.9. The van der Waals surface area contributed by atoms with Crippen LogP contribution in [0.25, 0.3) is 11.1 Å². The molecule has 0 unspecified atom stereocenters. The summed E-state index contributed by atoms with van der Waals surface area (Å²) in [7, 11) is 0. The maximum atomic E-state index is 13.6. The van der Waals surface area contributed by atoms with Gasteiger partial charge >= 0.3 is 0 Å². The van der Waals surface area contributed by atoms with Crippen LogP contribution in [0.5, 0.6) is 11.5 Å². The molecule has 0 spiro atoms. The molecule has 0 saturated carbocycles. The van der Waals surface area contributed by atoms with E-state index in [-0.39, 0.29) is 49.3 Å². The number of hydrogen-bond donors (Lipinski definition) is 3. The Hall–Kier alpha value is -5.39. The molecule has 0 aliphatic carbocycles. The summed E-state index contributed by atoms with van der Waals surface area (Å²) < 4.78 is 17.1. The van der Waals surface area contributed by atoms with Crippen molar-refractivity contribution in [3.05, 3.63) is 100 Å². The van der Waals surface area contributed by atoms with Gasteiger partial charge in [0.2, 0.25) is 5.91 Å². The SMILES string of the molecule is O=C1COc2cccc(c2)-c2cncc(c2)C(=O)N[C@@H]2CN(C(=O)CCc3cc(=O)[nH]o3)CC[C@@H]2Oc2ccc(cc2)CN1. The fraction of sp³-hybridized carbons (Fsp3) is 0.281. The molecule has 1 fully saturated rings. The van der Waals surface area contributed by atoms with Crippen molar-refractivity contribution in [1.82, 2.24) is 25.7 Å². The number of rotatable bonds is 3. The molecule has 6 bridgehead atoms. The maximum Gasteiger partial charge on any atom is 0.280 e. The van der Waals surface area contributed by atoms with E-state index in [9.17, 15) is 19.2 Å². The highest BCUT2D eigenvalue weighted by molar-refractivity contribution is 5.95. The van der Waals surface area contributed by atoms with Crippen molar-refractivity contribution in [2.45, 2.75) is 38.0 Å². The lowest BCUT2D eigenvalue weighted by Gasteiger charge is -2.39. The molecule has 2 atom stereocenters. The van der Waals surface area contributed by atoms with Gasteiger partial charge in [-0.05, 0) is 41.5 Å². The molecular weight excluding hydrogens is 566 g/mol. The van der Waals surface area contributed by atoms with Gasteiger partial charge in [0.1, 0.15) is 23.4 Å². The number of carbonyl (C=O) groups excluding carboxylic acids is 3. The topological polar surface area (TPSA) is 156 Å². The van der Waals surface area contributed by atoms with Crippen molar-refractivity contribution in [2.24, 2.45) is 0 Å². The van der Waals surface area contributed by atoms with E-state index in [0.29, 0.717) is 47.9 Å². The predicted molar refractivity (Wildman–Crippen MR) is 158 cm³/mol. The first-order valence-corrected chi connectivity index (χ1v) is 14.4. The zero-order valence-electron chi connectivity index (χ0n) is 23.8. The first kappa shape index (κ1) is 28.7. The summed E-state index contributed by atoms with van der Waals surface area (Å²) in [6.45, 7) is 0.859. The zero-order valence-corrected chi connectivity index (χ0v) is 23.8. The van der Waals surface area contributed by atoms with Gasteiger partial charge in [0.15, 0.2) is 6.61 Å². The first-order chi connectivity index (χ1) is 21.4. The second-order valence-corrected chi connectivity index (χ2v) is 10.7. The summed E-state index contributed by atoms with van der Waals surface area (Å²) in [6.07, 6.45) is 3.64. The lowest BCUT2D eigenvalue weighted by atomic mass is 10.00. The van der Waals surface area contributed by atoms with Gasteiger partial charge in [-0.1, -0.05) is 24.3 Å². The summed E-state index contributed by atoms with van der Waals surface area (Å²) in [5.41, 5.74) is 2.35. The smallest absolute Gasteiger partial charge is 0.280 e. The fourth-order valence-corrected chi connectivity index (χ4v) is 5.27. The number of carbonyl (C=O) groups is 3. The average Bonchev–Trinajstić information content (AvgIpc) is 3.47. The fourth-order valence-electron chi connectivity index (χ4n) is 5.27. The van der Waals surface area contributed by atoms with E-state index in [1.807, 2.05) is 36.4 Å². The molecular formula is C32H31N5O7. The van der Waals surface area contributed by atoms with Crippen molar-refractivity contribution in [3.63, 3.8) is 0 Å². The van der Waals surface area contributed by atoms with Gasteiger partial charge in [-0.3, -0.25) is 24.2 Å². The van der Waals surface area contributed by atoms with E-state index < -0.39 is 12.1 Å². The normalized spacial score (nSPS) is 18.7. The number of H-pyrrole nitrogens is 1. The van der Waals surface area contributed by atoms with E-state index in [1.54, 1.807) is 29.3 Å². The highest BCUT2D eigenvalue weighted by Crippen LogP contribution is 2.25. The number of likely N-dealkylation sites (tertiary alicyclic amines) is 1. The first-order valence-electron chi connectivity index (χ1n) is 14.4. The second-order valence-electron chi connectivity index (χ2n) is 10.7. The van der Waals surface area contributed by atoms with E-state index >= 15 is 0 Å². The van der Waals surface area contributed by atoms with Crippen molar-refractivity contribution < 1.29 is 28.4 Å². The van der Waals surface area contributed by atoms with Crippen LogP contribution < -0.4 is 25.7 Å². The quantitative estimate of drug-likeness (QED) is 0.325. The minimum atomic E-state index is -0.518. The number of aromatic amines is 1. The van der Waals surface area contributed by atoms with E-state index in [1.165, 1.54) is 12.3 Å². The molecule has 5 heterocycles. The summed E-state index contributed by atoms with van der Waals surface area (Å²) in [5.74, 6) is 0.792. The van der Waals surface area contributed by atoms with Gasteiger partial charge < -0.3 is 29.5 Å². The molecule has 4 aromatic rings. The standard InChI is InChI=1S/C32H31N5O7/c38-29-14-26(44-36-29)8-9-31(40)37-11-10-28-27(18-37)35-32(41)23-12-22(16-33-17-23)21-2-1-3-25(13-21)42-19-30(39)34-15-20-4-6-24(43-28)7-5-20/h1-7,12-14,16-17,27-28H,8-11,15,18-19H2,(H,34,39)(H,35,41)(H,36,38)/t27-,28+/m1/s1. The van der Waals surface area contributed by atoms with Gasteiger partial charge in [-0.2, -0.15) is 5.16 Å². The zero-order chi connectivity index (χ0) is 30.5. The van der Waals surface area contributed by atoms with Gasteiger partial charge in [0, 0.05) is 62.9 Å². The van der Waals surface area contributed by atoms with Crippen LogP contribution in [0.15, 0.2) is 82.4 Å². The molecule has 0 radical (unpaired) electrons. The van der Waals surface area contributed by atoms with Crippen LogP contribution in [0.4, 0.5) is 0 Å². The Bertz CT molecular complexity index is 1710. The van der Waals surface area contributed by atoms with Crippen LogP contribution in [0.2, 0.25) is 0 Å². The molecule has 3 amide bonds. The molecule has 2 aromatic carbocycles. The molecule has 3 N–H and O–H groups in total. The molecule has 7 rings (SSSR count). The predicted octanol–water partition coefficient (Wildman–Crippen LogP) is 2.45. The number of nitrogens with one attached hydrogen (secondary N) is 3. The monoisotopic (exact) mass is 597 g/mol. The summed E-state index contributed by atoms with van der Waals surface area (Å²) in [6, 6.07) is 17.1. The Morgan fingerprint density at radius 1 is 0.955 bits per heavy atom. The van der Waals surface area contributed by atoms with Crippen LogP contribution in [-0.2, 0) is 22.6 Å². The Balaban J connectivity index is 1.25. The Kier molecular flexibility index (Phi) is 8.39. The Morgan fingerprint density at radius 2 is 1.80 bits per heavy atom. The Morgan fingerprint density at radius 3 is 2.61 bits per heavy atom. The van der Waals surface area contributed by atoms with Crippen molar-refractivity contribution in [2.75, 3.05) is 19.7 Å². The van der Waals surface area contributed by atoms with Gasteiger partial charge in [0.05, 0.1) is 11.6 Å². The third-order valence-electron chi connectivity index (χ3n) is 7.62. The summed E-state index contributed by atoms with van der Waals surface area (Å²) >= 11 is 0. The van der Waals surface area contributed by atoms with Crippen molar-refractivity contribution in [1.29, 1.82) is 0 Å². The molecule has 2 aromatic heterocycles. The lowest BCUT2D eigenvalue weighted by molar-refractivity contribution is -0.133. The third kappa shape index (κ3) is 6.97. The van der Waals surface area contributed by atoms with Crippen LogP contribution in [0.1, 0.15) is 34.5 Å². The molecule has 1 saturated heterocycles. The molecule has 3 aliphatic rings. The molecule has 12 nitrogen and oxygen atoms in total. The van der Waals surface area contributed by atoms with E-state index in [4.69, 9.17) is 14.0 Å². The minimum Gasteiger partial charge on any atom is -0.488 e. The number of nitrogens with zero attached hydrogens (tertiary/aromatic N) is 2. The number of piperidine rings is 1. The van der Waals surface area contributed by atoms with Crippen LogP contribution >= 0.6 is 0 Å². The van der Waals surface area contributed by atoms with Crippen LogP contribution in [0, 0.1) is 0 Å². The highest BCUT2D eigenvalue weighted by Gasteiger charge is 2.34.